The molecule has 2 fully saturated rings. The minimum Gasteiger partial charge on any atom is -0.495 e. The average Bonchev–Trinajstić information content (AvgIpc) is 3.88. The summed E-state index contributed by atoms with van der Waals surface area (Å²) in [4.78, 5) is 68.1. The van der Waals surface area contributed by atoms with Crippen molar-refractivity contribution in [2.45, 2.75) is 133 Å². The fourth-order valence-corrected chi connectivity index (χ4v) is 10.3. The Labute approximate surface area is 365 Å². The molecule has 3 amide bonds. The zero-order valence-corrected chi connectivity index (χ0v) is 38.5. The normalized spacial score (nSPS) is 29.2. The fourth-order valence-electron chi connectivity index (χ4n) is 7.33. The van der Waals surface area contributed by atoms with Crippen LogP contribution in [-0.2, 0) is 44.5 Å². The lowest BCUT2D eigenvalue weighted by Crippen LogP contribution is -2.63. The molecule has 18 heteroatoms. The van der Waals surface area contributed by atoms with Crippen LogP contribution < -0.4 is 15.0 Å². The van der Waals surface area contributed by atoms with Crippen molar-refractivity contribution < 1.29 is 57.9 Å². The van der Waals surface area contributed by atoms with Gasteiger partial charge in [-0.2, -0.15) is 0 Å². The predicted molar refractivity (Wildman–Crippen MR) is 231 cm³/mol. The maximum absolute atomic E-state index is 14.3. The number of alkyl carbamates (subject to hydrolysis) is 1. The molecule has 3 heterocycles. The van der Waals surface area contributed by atoms with Crippen LogP contribution in [0.4, 0.5) is 10.5 Å². The molecule has 3 N–H and O–H groups in total. The van der Waals surface area contributed by atoms with Crippen molar-refractivity contribution >= 4 is 68.7 Å². The van der Waals surface area contributed by atoms with E-state index in [2.05, 4.69) is 5.32 Å². The highest BCUT2D eigenvalue weighted by Gasteiger charge is 2.64. The van der Waals surface area contributed by atoms with E-state index in [-0.39, 0.29) is 41.4 Å². The molecular formula is C42H60ClN3O12S2. The number of ether oxygens (including phenoxy) is 5. The van der Waals surface area contributed by atoms with Gasteiger partial charge in [-0.1, -0.05) is 63.9 Å². The second kappa shape index (κ2) is 20.6. The number of aliphatic hydroxyl groups is 1. The molecule has 0 radical (unpaired) electrons. The minimum absolute atomic E-state index is 0.0691. The Kier molecular flexibility index (Phi) is 16.9. The first-order chi connectivity index (χ1) is 28.0. The maximum Gasteiger partial charge on any atom is 0.409 e. The third-order valence-electron chi connectivity index (χ3n) is 11.4. The number of aliphatic carboxylic acids is 1. The average molecular weight is 899 g/mol. The Morgan fingerprint density at radius 2 is 1.90 bits per heavy atom. The third kappa shape index (κ3) is 12.3. The second-order valence-electron chi connectivity index (χ2n) is 16.6. The summed E-state index contributed by atoms with van der Waals surface area (Å²) in [5.41, 5.74) is -1.01. The summed E-state index contributed by atoms with van der Waals surface area (Å²) in [6.07, 6.45) is 2.04. The molecule has 15 nitrogen and oxygen atoms in total. The van der Waals surface area contributed by atoms with Crippen LogP contribution >= 0.6 is 33.2 Å². The first-order valence-electron chi connectivity index (χ1n) is 19.9. The number of carbonyl (C=O) groups is 5. The van der Waals surface area contributed by atoms with Gasteiger partial charge in [0.1, 0.15) is 40.7 Å². The smallest absolute Gasteiger partial charge is 0.409 e. The summed E-state index contributed by atoms with van der Waals surface area (Å²) < 4.78 is 29.1. The number of fused-ring (bicyclic) bond motifs is 5. The van der Waals surface area contributed by atoms with Gasteiger partial charge in [-0.05, 0) is 71.6 Å². The van der Waals surface area contributed by atoms with Gasteiger partial charge in [0.2, 0.25) is 11.8 Å². The van der Waals surface area contributed by atoms with Crippen molar-refractivity contribution in [1.82, 2.24) is 10.2 Å². The van der Waals surface area contributed by atoms with Crippen LogP contribution in [0.1, 0.15) is 85.6 Å². The van der Waals surface area contributed by atoms with Crippen molar-refractivity contribution in [3.8, 4) is 5.75 Å². The highest BCUT2D eigenvalue weighted by molar-refractivity contribution is 8.77. The lowest BCUT2D eigenvalue weighted by atomic mass is 9.83. The molecular weight excluding hydrogens is 838 g/mol. The van der Waals surface area contributed by atoms with E-state index in [1.807, 2.05) is 26.8 Å². The van der Waals surface area contributed by atoms with Crippen LogP contribution in [0, 0.1) is 5.92 Å². The molecule has 2 saturated heterocycles. The van der Waals surface area contributed by atoms with Gasteiger partial charge in [-0.15, -0.1) is 0 Å². The molecule has 1 aromatic carbocycles. The number of methoxy groups -OCH3 is 2. The summed E-state index contributed by atoms with van der Waals surface area (Å²) in [7, 11) is 9.15. The number of amides is 3. The minimum atomic E-state index is -1.85. The topological polar surface area (TPSA) is 194 Å². The van der Waals surface area contributed by atoms with Gasteiger partial charge in [0.15, 0.2) is 5.72 Å². The zero-order chi connectivity index (χ0) is 44.7. The van der Waals surface area contributed by atoms with Crippen LogP contribution in [0.3, 0.4) is 0 Å². The van der Waals surface area contributed by atoms with Gasteiger partial charge in [0.25, 0.3) is 0 Å². The van der Waals surface area contributed by atoms with E-state index >= 15 is 0 Å². The summed E-state index contributed by atoms with van der Waals surface area (Å²) in [6.45, 7) is 11.0. The summed E-state index contributed by atoms with van der Waals surface area (Å²) in [6, 6.07) is 2.54. The number of allylic oxidation sites excluding steroid dienone is 3. The second-order valence-corrected chi connectivity index (χ2v) is 20.1. The first kappa shape index (κ1) is 49.2. The maximum atomic E-state index is 14.3. The van der Waals surface area contributed by atoms with Gasteiger partial charge in [-0.3, -0.25) is 19.7 Å². The molecule has 0 saturated carbocycles. The third-order valence-corrected chi connectivity index (χ3v) is 15.2. The number of likely N-dealkylation sites (N-methyl/N-ethyl adjacent to an activating group) is 1. The van der Waals surface area contributed by atoms with Gasteiger partial charge in [0, 0.05) is 56.9 Å². The van der Waals surface area contributed by atoms with Crippen LogP contribution in [0.2, 0.25) is 5.02 Å². The number of benzene rings is 1. The molecule has 0 aromatic heterocycles. The number of hydrogen-bond acceptors (Lipinski definition) is 13. The zero-order valence-electron chi connectivity index (χ0n) is 36.1. The van der Waals surface area contributed by atoms with E-state index in [1.54, 1.807) is 73.7 Å². The lowest BCUT2D eigenvalue weighted by Gasteiger charge is -2.42. The molecule has 334 valence electrons. The molecule has 3 aliphatic heterocycles. The molecule has 8 atom stereocenters. The van der Waals surface area contributed by atoms with Crippen molar-refractivity contribution in [1.29, 1.82) is 0 Å². The van der Waals surface area contributed by atoms with Gasteiger partial charge < -0.3 is 43.7 Å². The lowest BCUT2D eigenvalue weighted by molar-refractivity contribution is -0.162. The van der Waals surface area contributed by atoms with E-state index in [0.29, 0.717) is 36.5 Å². The van der Waals surface area contributed by atoms with Crippen LogP contribution in [0.5, 0.6) is 5.75 Å². The number of carbonyl (C=O) groups excluding carboxylic acids is 4. The number of hydrogen-bond donors (Lipinski definition) is 3. The van der Waals surface area contributed by atoms with Crippen molar-refractivity contribution in [3.63, 3.8) is 0 Å². The van der Waals surface area contributed by atoms with E-state index in [1.165, 1.54) is 31.1 Å². The van der Waals surface area contributed by atoms with Crippen molar-refractivity contribution in [2.75, 3.05) is 39.0 Å². The standard InChI is InChI=1S/C42H60ClN3O12S2/c1-24-13-11-14-31(55-10)42(53)23-30(56-39(52)44-42)25(2)37-41(6,58-37)32(22-34(48)46(8)28-20-27(19-24)21-29(54-9)36(28)43)57-38(51)26(3)45(7)33(47)16-17-40(4,5)60-59-18-12-15-35(49)50/h11,13-14,20-21,25-26,30-32,37,53H,12,15-19,22-23H2,1-10H3,(H,44,52)(H,49,50)/b14-11+,24-13+/t25-,26+,30+,31-,32+,37+,41+,42+/m0/s1. The van der Waals surface area contributed by atoms with E-state index in [0.717, 1.165) is 11.1 Å². The number of carboxylic acids is 1. The number of anilines is 1. The van der Waals surface area contributed by atoms with E-state index in [4.69, 9.17) is 40.4 Å². The van der Waals surface area contributed by atoms with Crippen molar-refractivity contribution in [2.24, 2.45) is 5.92 Å². The fraction of sp³-hybridized carbons (Fsp3) is 0.643. The Morgan fingerprint density at radius 3 is 2.55 bits per heavy atom. The number of rotatable bonds is 14. The highest BCUT2D eigenvalue weighted by Crippen LogP contribution is 2.49. The number of nitrogens with zero attached hydrogens (tertiary/aromatic N) is 2. The number of halogens is 1. The highest BCUT2D eigenvalue weighted by atomic mass is 35.5. The molecule has 0 unspecified atom stereocenters. The molecule has 4 rings (SSSR count). The van der Waals surface area contributed by atoms with Crippen LogP contribution in [0.15, 0.2) is 35.9 Å². The number of epoxide rings is 1. The Hall–Kier alpha value is -3.48. The molecule has 0 spiro atoms. The monoisotopic (exact) mass is 897 g/mol. The van der Waals surface area contributed by atoms with E-state index in [9.17, 15) is 29.1 Å². The largest absolute Gasteiger partial charge is 0.495 e. The Balaban J connectivity index is 1.62. The molecule has 0 aliphatic carbocycles. The Morgan fingerprint density at radius 1 is 1.20 bits per heavy atom. The van der Waals surface area contributed by atoms with Crippen LogP contribution in [-0.4, -0.2) is 126 Å². The first-order valence-corrected chi connectivity index (χ1v) is 22.6. The molecule has 60 heavy (non-hydrogen) atoms. The number of nitrogens with one attached hydrogen (secondary N) is 1. The SMILES string of the molecule is COc1cc2cc(c1Cl)N(C)C(=O)C[C@@H](OC(=O)[C@@H](C)N(C)C(=O)CCC(C)(C)SSCCCC(=O)O)[C@@]1(C)O[C@@H]1[C@@H](C)[C@H]1C[C@](O)(NC(=O)O1)[C@@H](OC)/C=C/C=C(\C)C2. The molecule has 4 bridgehead atoms. The molecule has 1 aromatic rings. The Bertz CT molecular complexity index is 1830. The summed E-state index contributed by atoms with van der Waals surface area (Å²) in [5, 5.41) is 23.4. The quantitative estimate of drug-likeness (QED) is 0.0813. The molecule has 3 aliphatic rings. The van der Waals surface area contributed by atoms with Gasteiger partial charge in [-0.25, -0.2) is 9.59 Å². The van der Waals surface area contributed by atoms with Crippen molar-refractivity contribution in [3.05, 3.63) is 46.5 Å². The summed E-state index contributed by atoms with van der Waals surface area (Å²) in [5.74, 6) is -1.85. The van der Waals surface area contributed by atoms with Crippen LogP contribution in [0.25, 0.3) is 0 Å². The van der Waals surface area contributed by atoms with Gasteiger partial charge >= 0.3 is 18.0 Å². The number of carboxylic acid groups (broad SMARTS) is 1. The van der Waals surface area contributed by atoms with Gasteiger partial charge in [0.05, 0.1) is 25.3 Å². The summed E-state index contributed by atoms with van der Waals surface area (Å²) >= 11 is 6.79. The van der Waals surface area contributed by atoms with E-state index < -0.39 is 71.6 Å². The number of esters is 1. The predicted octanol–water partition coefficient (Wildman–Crippen LogP) is 6.32.